The maximum Gasteiger partial charge on any atom is 0.284 e. The van der Waals surface area contributed by atoms with Crippen LogP contribution in [0.5, 0.6) is 0 Å². The van der Waals surface area contributed by atoms with Crippen molar-refractivity contribution in [1.29, 1.82) is 0 Å². The molecule has 13 heteroatoms. The predicted octanol–water partition coefficient (Wildman–Crippen LogP) is 3.63. The van der Waals surface area contributed by atoms with Crippen LogP contribution in [0.1, 0.15) is 44.3 Å². The van der Waals surface area contributed by atoms with Gasteiger partial charge in [-0.1, -0.05) is 29.8 Å². The first kappa shape index (κ1) is 24.4. The van der Waals surface area contributed by atoms with Gasteiger partial charge < -0.3 is 9.64 Å². The molecule has 2 aliphatic heterocycles. The van der Waals surface area contributed by atoms with E-state index >= 15 is 0 Å². The van der Waals surface area contributed by atoms with Crippen LogP contribution in [0.4, 0.5) is 5.82 Å². The highest BCUT2D eigenvalue weighted by Gasteiger charge is 2.43. The average Bonchev–Trinajstić information content (AvgIpc) is 3.65. The van der Waals surface area contributed by atoms with E-state index in [2.05, 4.69) is 15.0 Å². The number of nitrogens with zero attached hydrogens (tertiary/aromatic N) is 8. The molecule has 0 bridgehead atoms. The molecule has 5 aromatic rings. The summed E-state index contributed by atoms with van der Waals surface area (Å²) in [5.74, 6) is 1.18. The Kier molecular flexibility index (Phi) is 5.98. The number of anilines is 1. The minimum Gasteiger partial charge on any atom is -0.358 e. The molecule has 0 spiro atoms. The lowest BCUT2D eigenvalue weighted by Gasteiger charge is -2.28. The number of rotatable bonds is 4. The van der Waals surface area contributed by atoms with Gasteiger partial charge >= 0.3 is 0 Å². The van der Waals surface area contributed by atoms with Gasteiger partial charge in [0.1, 0.15) is 24.1 Å². The van der Waals surface area contributed by atoms with Gasteiger partial charge in [-0.3, -0.25) is 18.1 Å². The topological polar surface area (TPSA) is 112 Å². The van der Waals surface area contributed by atoms with Crippen molar-refractivity contribution in [3.8, 4) is 5.69 Å². The molecular weight excluding hydrogens is 540 g/mol. The molecule has 1 aromatic carbocycles. The first-order valence-electron chi connectivity index (χ1n) is 12.8. The molecule has 0 N–H and O–H groups in total. The van der Waals surface area contributed by atoms with Gasteiger partial charge in [0.2, 0.25) is 0 Å². The third kappa shape index (κ3) is 3.88. The molecule has 39 heavy (non-hydrogen) atoms. The van der Waals surface area contributed by atoms with Crippen LogP contribution in [0.15, 0.2) is 60.0 Å². The van der Waals surface area contributed by atoms with Crippen LogP contribution in [0.25, 0.3) is 22.4 Å². The Morgan fingerprint density at radius 1 is 1.10 bits per heavy atom. The zero-order valence-electron chi connectivity index (χ0n) is 21.1. The summed E-state index contributed by atoms with van der Waals surface area (Å²) in [6.45, 7) is 2.60. The highest BCUT2D eigenvalue weighted by Crippen LogP contribution is 2.39. The van der Waals surface area contributed by atoms with E-state index in [1.54, 1.807) is 23.2 Å². The minimum absolute atomic E-state index is 0.139. The maximum atomic E-state index is 13.9. The molecule has 4 atom stereocenters. The standard InChI is InChI=1S/C26H25ClN8O3S/c1-16-21(25-31-34-11-10-18(27)22(34)26(36)35(25)17-7-3-2-4-8-17)33(15-39(16)37)24-20-23(28-13-29-24)32(14-30-20)19-9-5-6-12-38-19/h2-4,7-8,10-11,13-14,16,19,21H,5-6,9,12,15H2,1H3/t16?,19?,21-,39?/m0/s1. The first-order valence-corrected chi connectivity index (χ1v) is 14.6. The Labute approximate surface area is 230 Å². The van der Waals surface area contributed by atoms with E-state index in [0.717, 1.165) is 19.3 Å². The van der Waals surface area contributed by atoms with Crippen molar-refractivity contribution in [1.82, 2.24) is 33.7 Å². The van der Waals surface area contributed by atoms with E-state index in [1.165, 1.54) is 10.8 Å². The van der Waals surface area contributed by atoms with Gasteiger partial charge in [-0.05, 0) is 44.4 Å². The summed E-state index contributed by atoms with van der Waals surface area (Å²) in [4.78, 5) is 29.6. The Bertz CT molecular complexity index is 1780. The smallest absolute Gasteiger partial charge is 0.284 e. The second-order valence-corrected chi connectivity index (χ2v) is 11.9. The zero-order valence-corrected chi connectivity index (χ0v) is 22.6. The summed E-state index contributed by atoms with van der Waals surface area (Å²) in [6.07, 6.45) is 7.74. The molecule has 200 valence electrons. The van der Waals surface area contributed by atoms with E-state index in [9.17, 15) is 9.00 Å². The summed E-state index contributed by atoms with van der Waals surface area (Å²) in [5, 5.41) is 4.82. The number of ether oxygens (including phenoxy) is 1. The van der Waals surface area contributed by atoms with Crippen LogP contribution in [0, 0.1) is 0 Å². The first-order chi connectivity index (χ1) is 19.0. The number of para-hydroxylation sites is 1. The van der Waals surface area contributed by atoms with E-state index in [0.29, 0.717) is 40.1 Å². The third-order valence-corrected chi connectivity index (χ3v) is 9.40. The lowest BCUT2D eigenvalue weighted by molar-refractivity contribution is -0.0298. The van der Waals surface area contributed by atoms with Crippen molar-refractivity contribution in [2.24, 2.45) is 0 Å². The highest BCUT2D eigenvalue weighted by molar-refractivity contribution is 7.86. The van der Waals surface area contributed by atoms with E-state index in [4.69, 9.17) is 21.4 Å². The number of hydrogen-bond acceptors (Lipinski definition) is 8. The van der Waals surface area contributed by atoms with Gasteiger partial charge in [-0.25, -0.2) is 19.5 Å². The average molecular weight is 565 g/mol. The molecule has 0 amide bonds. The normalized spacial score (nSPS) is 23.7. The quantitative estimate of drug-likeness (QED) is 0.325. The highest BCUT2D eigenvalue weighted by atomic mass is 35.5. The van der Waals surface area contributed by atoms with Crippen LogP contribution in [0.3, 0.4) is 0 Å². The molecule has 2 aliphatic rings. The molecule has 0 saturated carbocycles. The number of aromatic nitrogens is 7. The molecule has 3 unspecified atom stereocenters. The molecule has 2 saturated heterocycles. The second kappa shape index (κ2) is 9.54. The summed E-state index contributed by atoms with van der Waals surface area (Å²) in [5.41, 5.74) is 1.84. The van der Waals surface area contributed by atoms with Crippen molar-refractivity contribution < 1.29 is 8.95 Å². The van der Waals surface area contributed by atoms with Crippen molar-refractivity contribution in [2.45, 2.75) is 43.7 Å². The van der Waals surface area contributed by atoms with Crippen molar-refractivity contribution >= 4 is 44.9 Å². The summed E-state index contributed by atoms with van der Waals surface area (Å²) >= 11 is 6.39. The maximum absolute atomic E-state index is 13.9. The predicted molar refractivity (Wildman–Crippen MR) is 148 cm³/mol. The lowest BCUT2D eigenvalue weighted by Crippen LogP contribution is -2.36. The van der Waals surface area contributed by atoms with E-state index < -0.39 is 16.8 Å². The Balaban J connectivity index is 1.43. The van der Waals surface area contributed by atoms with Crippen molar-refractivity contribution in [2.75, 3.05) is 17.4 Å². The number of hydrogen-bond donors (Lipinski definition) is 0. The summed E-state index contributed by atoms with van der Waals surface area (Å²) in [7, 11) is -1.25. The number of imidazole rings is 1. The van der Waals surface area contributed by atoms with Gasteiger partial charge in [0.05, 0.1) is 28.2 Å². The SMILES string of the molecule is CC1[C@@H](c2nn3ccc(Cl)c3c(=O)n2-c2ccccc2)N(c2ncnc3c2ncn3C2CCCCO2)CS1=O. The fourth-order valence-corrected chi connectivity index (χ4v) is 7.12. The molecule has 7 rings (SSSR count). The van der Waals surface area contributed by atoms with Gasteiger partial charge in [0.25, 0.3) is 5.56 Å². The van der Waals surface area contributed by atoms with Gasteiger partial charge in [0, 0.05) is 23.6 Å². The second-order valence-electron chi connectivity index (χ2n) is 9.76. The van der Waals surface area contributed by atoms with Crippen LogP contribution in [-0.4, -0.2) is 55.6 Å². The summed E-state index contributed by atoms with van der Waals surface area (Å²) < 4.78 is 24.3. The molecule has 11 nitrogen and oxygen atoms in total. The molecule has 0 radical (unpaired) electrons. The molecule has 0 aliphatic carbocycles. The number of benzene rings is 1. The van der Waals surface area contributed by atoms with Gasteiger partial charge in [-0.2, -0.15) is 5.10 Å². The molecule has 4 aromatic heterocycles. The lowest BCUT2D eigenvalue weighted by atomic mass is 10.1. The van der Waals surface area contributed by atoms with Crippen molar-refractivity contribution in [3.63, 3.8) is 0 Å². The van der Waals surface area contributed by atoms with Crippen LogP contribution < -0.4 is 10.5 Å². The fraction of sp³-hybridized carbons (Fsp3) is 0.346. The third-order valence-electron chi connectivity index (χ3n) is 7.48. The Morgan fingerprint density at radius 3 is 2.74 bits per heavy atom. The van der Waals surface area contributed by atoms with Crippen LogP contribution >= 0.6 is 11.6 Å². The van der Waals surface area contributed by atoms with Gasteiger partial charge in [0.15, 0.2) is 22.8 Å². The number of halogens is 1. The fourth-order valence-electron chi connectivity index (χ4n) is 5.54. The van der Waals surface area contributed by atoms with Gasteiger partial charge in [-0.15, -0.1) is 0 Å². The van der Waals surface area contributed by atoms with Crippen molar-refractivity contribution in [3.05, 3.63) is 76.5 Å². The minimum atomic E-state index is -1.25. The molecule has 2 fully saturated rings. The molecular formula is C26H25ClN8O3S. The Morgan fingerprint density at radius 2 is 1.95 bits per heavy atom. The summed E-state index contributed by atoms with van der Waals surface area (Å²) in [6, 6.07) is 10.4. The van der Waals surface area contributed by atoms with Crippen LogP contribution in [0.2, 0.25) is 5.02 Å². The Hall–Kier alpha value is -3.61. The van der Waals surface area contributed by atoms with E-state index in [-0.39, 0.29) is 28.4 Å². The van der Waals surface area contributed by atoms with Crippen LogP contribution in [-0.2, 0) is 15.5 Å². The van der Waals surface area contributed by atoms with E-state index in [1.807, 2.05) is 46.7 Å². The molecule has 6 heterocycles. The zero-order chi connectivity index (χ0) is 26.7. The number of fused-ring (bicyclic) bond motifs is 2. The largest absolute Gasteiger partial charge is 0.358 e. The monoisotopic (exact) mass is 564 g/mol.